The summed E-state index contributed by atoms with van der Waals surface area (Å²) in [5.41, 5.74) is 6.84. The molecule has 1 heterocycles. The minimum Gasteiger partial charge on any atom is -0.383 e. The van der Waals surface area contributed by atoms with Gasteiger partial charge in [-0.2, -0.15) is 0 Å². The number of benzene rings is 1. The van der Waals surface area contributed by atoms with Crippen molar-refractivity contribution >= 4 is 17.2 Å². The Hall–Kier alpha value is -1.39. The summed E-state index contributed by atoms with van der Waals surface area (Å²) in [5, 5.41) is 0.936. The molecule has 0 saturated heterocycles. The summed E-state index contributed by atoms with van der Waals surface area (Å²) in [6, 6.07) is 10.1. The van der Waals surface area contributed by atoms with E-state index in [1.54, 1.807) is 11.3 Å². The lowest BCUT2D eigenvalue weighted by atomic mass is 10.2. The third-order valence-corrected chi connectivity index (χ3v) is 3.17. The zero-order valence-electron chi connectivity index (χ0n) is 9.14. The first-order valence-electron chi connectivity index (χ1n) is 5.09. The number of aromatic nitrogens is 1. The van der Waals surface area contributed by atoms with Crippen LogP contribution >= 0.6 is 11.3 Å². The van der Waals surface area contributed by atoms with Crippen LogP contribution in [0.1, 0.15) is 15.4 Å². The Morgan fingerprint density at radius 2 is 2.00 bits per heavy atom. The molecule has 0 fully saturated rings. The molecular formula is C12H14N2OS. The van der Waals surface area contributed by atoms with E-state index in [1.807, 2.05) is 37.3 Å². The summed E-state index contributed by atoms with van der Waals surface area (Å²) in [6.45, 7) is 3.10. The van der Waals surface area contributed by atoms with E-state index in [9.17, 15) is 0 Å². The van der Waals surface area contributed by atoms with Crippen LogP contribution in [0.3, 0.4) is 0 Å². The van der Waals surface area contributed by atoms with Crippen molar-refractivity contribution in [1.82, 2.24) is 4.98 Å². The number of hydrogen-bond donors (Lipinski definition) is 1. The quantitative estimate of drug-likeness (QED) is 0.884. The Labute approximate surface area is 98.9 Å². The highest BCUT2D eigenvalue weighted by Gasteiger charge is 2.03. The van der Waals surface area contributed by atoms with Crippen molar-refractivity contribution in [1.29, 1.82) is 0 Å². The molecule has 16 heavy (non-hydrogen) atoms. The molecule has 2 aromatic rings. The molecule has 2 rings (SSSR count). The van der Waals surface area contributed by atoms with E-state index in [1.165, 1.54) is 5.56 Å². The van der Waals surface area contributed by atoms with Gasteiger partial charge in [-0.15, -0.1) is 11.3 Å². The van der Waals surface area contributed by atoms with Crippen LogP contribution in [0.25, 0.3) is 0 Å². The highest BCUT2D eigenvalue weighted by Crippen LogP contribution is 2.19. The van der Waals surface area contributed by atoms with Gasteiger partial charge in [0.2, 0.25) is 0 Å². The lowest BCUT2D eigenvalue weighted by Gasteiger charge is -2.01. The van der Waals surface area contributed by atoms with Gasteiger partial charge in [-0.1, -0.05) is 30.3 Å². The molecule has 0 spiro atoms. The van der Waals surface area contributed by atoms with Crippen LogP contribution in [0, 0.1) is 6.92 Å². The molecule has 0 saturated carbocycles. The largest absolute Gasteiger partial charge is 0.383 e. The average molecular weight is 234 g/mol. The lowest BCUT2D eigenvalue weighted by molar-refractivity contribution is 0.107. The van der Waals surface area contributed by atoms with Crippen molar-refractivity contribution in [2.45, 2.75) is 20.1 Å². The summed E-state index contributed by atoms with van der Waals surface area (Å²) in [4.78, 5) is 5.27. The van der Waals surface area contributed by atoms with Crippen LogP contribution in [-0.4, -0.2) is 4.98 Å². The molecule has 84 valence electrons. The molecule has 0 aliphatic heterocycles. The molecule has 0 radical (unpaired) electrons. The van der Waals surface area contributed by atoms with Gasteiger partial charge in [0.1, 0.15) is 10.8 Å². The Morgan fingerprint density at radius 3 is 2.62 bits per heavy atom. The molecule has 0 unspecified atom stereocenters. The van der Waals surface area contributed by atoms with Gasteiger partial charge in [-0.25, -0.2) is 4.98 Å². The van der Waals surface area contributed by atoms with Crippen LogP contribution in [0.2, 0.25) is 0 Å². The average Bonchev–Trinajstić information content (AvgIpc) is 2.60. The molecule has 3 nitrogen and oxygen atoms in total. The summed E-state index contributed by atoms with van der Waals surface area (Å²) < 4.78 is 5.57. The van der Waals surface area contributed by atoms with Crippen molar-refractivity contribution in [3.8, 4) is 0 Å². The number of nitrogen functional groups attached to an aromatic ring is 1. The number of aryl methyl sites for hydroxylation is 1. The lowest BCUT2D eigenvalue weighted by Crippen LogP contribution is -1.94. The second kappa shape index (κ2) is 5.09. The Balaban J connectivity index is 1.84. The summed E-state index contributed by atoms with van der Waals surface area (Å²) >= 11 is 1.59. The van der Waals surface area contributed by atoms with Crippen molar-refractivity contribution in [2.24, 2.45) is 0 Å². The molecular weight excluding hydrogens is 220 g/mol. The fourth-order valence-corrected chi connectivity index (χ4v) is 2.15. The molecule has 2 N–H and O–H groups in total. The predicted octanol–water partition coefficient (Wildman–Crippen LogP) is 2.75. The van der Waals surface area contributed by atoms with E-state index >= 15 is 0 Å². The minimum atomic E-state index is 0.525. The van der Waals surface area contributed by atoms with E-state index in [4.69, 9.17) is 10.5 Å². The normalized spacial score (nSPS) is 10.6. The maximum absolute atomic E-state index is 5.67. The Kier molecular flexibility index (Phi) is 3.54. The zero-order chi connectivity index (χ0) is 11.4. The molecule has 0 aliphatic rings. The van der Waals surface area contributed by atoms with Crippen LogP contribution in [0.5, 0.6) is 0 Å². The number of anilines is 1. The van der Waals surface area contributed by atoms with Crippen molar-refractivity contribution < 1.29 is 4.74 Å². The van der Waals surface area contributed by atoms with E-state index in [2.05, 4.69) is 4.98 Å². The summed E-state index contributed by atoms with van der Waals surface area (Å²) in [5.74, 6) is 0.614. The predicted molar refractivity (Wildman–Crippen MR) is 66.2 cm³/mol. The second-order valence-corrected chi connectivity index (χ2v) is 4.82. The van der Waals surface area contributed by atoms with Crippen LogP contribution in [0.15, 0.2) is 30.3 Å². The number of nitrogens with zero attached hydrogens (tertiary/aromatic N) is 1. The van der Waals surface area contributed by atoms with Crippen molar-refractivity contribution in [2.75, 3.05) is 5.73 Å². The first-order chi connectivity index (χ1) is 7.75. The van der Waals surface area contributed by atoms with E-state index in [0.717, 1.165) is 9.88 Å². The highest BCUT2D eigenvalue weighted by atomic mass is 32.1. The van der Waals surface area contributed by atoms with Gasteiger partial charge < -0.3 is 10.5 Å². The third-order valence-electron chi connectivity index (χ3n) is 2.21. The number of thiazole rings is 1. The Morgan fingerprint density at radius 1 is 1.25 bits per heavy atom. The SMILES string of the molecule is Cc1sc(COCc2ccccc2)nc1N. The third kappa shape index (κ3) is 2.81. The second-order valence-electron chi connectivity index (χ2n) is 3.53. The molecule has 4 heteroatoms. The van der Waals surface area contributed by atoms with Gasteiger partial charge in [-0.05, 0) is 12.5 Å². The number of ether oxygens (including phenoxy) is 1. The van der Waals surface area contributed by atoms with Crippen molar-refractivity contribution in [3.63, 3.8) is 0 Å². The van der Waals surface area contributed by atoms with Gasteiger partial charge in [0.25, 0.3) is 0 Å². The van der Waals surface area contributed by atoms with Crippen molar-refractivity contribution in [3.05, 3.63) is 45.8 Å². The topological polar surface area (TPSA) is 48.1 Å². The van der Waals surface area contributed by atoms with Gasteiger partial charge in [0.05, 0.1) is 13.2 Å². The van der Waals surface area contributed by atoms with Crippen LogP contribution in [-0.2, 0) is 18.0 Å². The van der Waals surface area contributed by atoms with Gasteiger partial charge >= 0.3 is 0 Å². The van der Waals surface area contributed by atoms with Crippen LogP contribution < -0.4 is 5.73 Å². The molecule has 1 aromatic carbocycles. The maximum Gasteiger partial charge on any atom is 0.137 e. The highest BCUT2D eigenvalue weighted by molar-refractivity contribution is 7.12. The Bertz CT molecular complexity index is 434. The first-order valence-corrected chi connectivity index (χ1v) is 5.91. The van der Waals surface area contributed by atoms with E-state index in [-0.39, 0.29) is 0 Å². The smallest absolute Gasteiger partial charge is 0.137 e. The fraction of sp³-hybridized carbons (Fsp3) is 0.250. The first kappa shape index (κ1) is 11.1. The molecule has 0 bridgehead atoms. The minimum absolute atomic E-state index is 0.525. The van der Waals surface area contributed by atoms with Crippen LogP contribution in [0.4, 0.5) is 5.82 Å². The monoisotopic (exact) mass is 234 g/mol. The van der Waals surface area contributed by atoms with Gasteiger partial charge in [0.15, 0.2) is 0 Å². The maximum atomic E-state index is 5.67. The molecule has 1 aromatic heterocycles. The number of rotatable bonds is 4. The van der Waals surface area contributed by atoms with Gasteiger partial charge in [0, 0.05) is 4.88 Å². The standard InChI is InChI=1S/C12H14N2OS/c1-9-12(13)14-11(16-9)8-15-7-10-5-3-2-4-6-10/h2-6H,7-8,13H2,1H3. The molecule has 0 atom stereocenters. The number of hydrogen-bond acceptors (Lipinski definition) is 4. The van der Waals surface area contributed by atoms with E-state index in [0.29, 0.717) is 19.0 Å². The fourth-order valence-electron chi connectivity index (χ4n) is 1.36. The summed E-state index contributed by atoms with van der Waals surface area (Å²) in [7, 11) is 0. The zero-order valence-corrected chi connectivity index (χ0v) is 9.96. The van der Waals surface area contributed by atoms with Gasteiger partial charge in [-0.3, -0.25) is 0 Å². The number of nitrogens with two attached hydrogens (primary N) is 1. The van der Waals surface area contributed by atoms with E-state index < -0.39 is 0 Å². The molecule has 0 aliphatic carbocycles. The summed E-state index contributed by atoms with van der Waals surface area (Å²) in [6.07, 6.45) is 0. The molecule has 0 amide bonds.